The first-order chi connectivity index (χ1) is 11.1. The summed E-state index contributed by atoms with van der Waals surface area (Å²) in [7, 11) is 2.16. The lowest BCUT2D eigenvalue weighted by molar-refractivity contribution is -0.122. The van der Waals surface area contributed by atoms with Crippen LogP contribution in [-0.2, 0) is 14.9 Å². The summed E-state index contributed by atoms with van der Waals surface area (Å²) in [6.45, 7) is 2.43. The number of thioether (sulfide) groups is 1. The van der Waals surface area contributed by atoms with E-state index in [4.69, 9.17) is 9.47 Å². The normalized spacial score (nSPS) is 34.8. The highest BCUT2D eigenvalue weighted by molar-refractivity contribution is 8.01. The molecule has 1 aromatic carbocycles. The third-order valence-electron chi connectivity index (χ3n) is 6.11. The molecule has 1 spiro atoms. The average molecular weight is 331 g/mol. The monoisotopic (exact) mass is 331 g/mol. The summed E-state index contributed by atoms with van der Waals surface area (Å²) in [6, 6.07) is 7.05. The quantitative estimate of drug-likeness (QED) is 0.791. The smallest absolute Gasteiger partial charge is 0.205 e. The number of likely N-dealkylation sites (N-methyl/N-ethyl adjacent to an activating group) is 1. The van der Waals surface area contributed by atoms with Crippen LogP contribution in [0.3, 0.4) is 0 Å². The Hall–Kier alpha value is -1.04. The number of fused-ring (bicyclic) bond motifs is 2. The second kappa shape index (κ2) is 4.74. The first-order valence-electron chi connectivity index (χ1n) is 8.43. The second-order valence-electron chi connectivity index (χ2n) is 7.41. The molecule has 1 saturated carbocycles. The molecule has 0 aromatic heterocycles. The zero-order valence-corrected chi connectivity index (χ0v) is 14.2. The minimum Gasteiger partial charge on any atom is -0.470 e. The van der Waals surface area contributed by atoms with E-state index in [1.165, 1.54) is 10.5 Å². The van der Waals surface area contributed by atoms with Crippen molar-refractivity contribution in [2.45, 2.75) is 47.0 Å². The highest BCUT2D eigenvalue weighted by Gasteiger charge is 2.52. The van der Waals surface area contributed by atoms with Crippen LogP contribution >= 0.6 is 11.8 Å². The number of Topliss-reactive ketones (excluding diaryl/α,β-unsaturated/α-hetero) is 1. The van der Waals surface area contributed by atoms with Gasteiger partial charge in [0.05, 0.1) is 18.1 Å². The van der Waals surface area contributed by atoms with Gasteiger partial charge in [-0.15, -0.1) is 0 Å². The fourth-order valence-corrected chi connectivity index (χ4v) is 5.93. The molecule has 5 rings (SSSR count). The van der Waals surface area contributed by atoms with Crippen molar-refractivity contribution < 1.29 is 14.3 Å². The zero-order chi connectivity index (χ0) is 15.7. The van der Waals surface area contributed by atoms with Gasteiger partial charge in [-0.05, 0) is 44.1 Å². The average Bonchev–Trinajstić information content (AvgIpc) is 3.06. The molecule has 0 unspecified atom stereocenters. The van der Waals surface area contributed by atoms with Crippen LogP contribution in [0.1, 0.15) is 31.2 Å². The van der Waals surface area contributed by atoms with E-state index in [0.29, 0.717) is 31.5 Å². The largest absolute Gasteiger partial charge is 0.470 e. The van der Waals surface area contributed by atoms with Gasteiger partial charge in [-0.25, -0.2) is 0 Å². The molecular formula is C18H21NO3S. The van der Waals surface area contributed by atoms with E-state index in [2.05, 4.69) is 30.1 Å². The van der Waals surface area contributed by atoms with Gasteiger partial charge in [0.1, 0.15) is 11.5 Å². The Balaban J connectivity index is 1.52. The topological polar surface area (TPSA) is 38.8 Å². The van der Waals surface area contributed by atoms with Crippen LogP contribution in [0.25, 0.3) is 0 Å². The van der Waals surface area contributed by atoms with E-state index >= 15 is 0 Å². The van der Waals surface area contributed by atoms with Gasteiger partial charge in [-0.1, -0.05) is 17.8 Å². The molecule has 3 heterocycles. The van der Waals surface area contributed by atoms with Gasteiger partial charge in [0.25, 0.3) is 0 Å². The molecule has 0 bridgehead atoms. The molecule has 122 valence electrons. The SMILES string of the molecule is CN1CC[C@]2(c3ccc4c(c3)SC3(COC3)O4)CCC(=O)C[C@H]12. The number of nitrogens with zero attached hydrogens (tertiary/aromatic N) is 1. The molecule has 23 heavy (non-hydrogen) atoms. The summed E-state index contributed by atoms with van der Waals surface area (Å²) >= 11 is 1.81. The minimum atomic E-state index is -0.174. The van der Waals surface area contributed by atoms with Crippen molar-refractivity contribution in [1.29, 1.82) is 0 Å². The van der Waals surface area contributed by atoms with E-state index in [1.807, 2.05) is 11.8 Å². The van der Waals surface area contributed by atoms with Gasteiger partial charge in [-0.2, -0.15) is 0 Å². The Labute approximate surface area is 140 Å². The third kappa shape index (κ3) is 1.96. The van der Waals surface area contributed by atoms with Gasteiger partial charge in [0.2, 0.25) is 4.93 Å². The van der Waals surface area contributed by atoms with E-state index in [-0.39, 0.29) is 10.3 Å². The highest BCUT2D eigenvalue weighted by atomic mass is 32.2. The molecule has 1 aliphatic carbocycles. The molecule has 4 aliphatic rings. The van der Waals surface area contributed by atoms with Crippen molar-refractivity contribution in [1.82, 2.24) is 4.90 Å². The van der Waals surface area contributed by atoms with Crippen molar-refractivity contribution in [2.24, 2.45) is 0 Å². The number of carbonyl (C=O) groups excluding carboxylic acids is 1. The number of hydrogen-bond acceptors (Lipinski definition) is 5. The van der Waals surface area contributed by atoms with Gasteiger partial charge in [-0.3, -0.25) is 4.79 Å². The summed E-state index contributed by atoms with van der Waals surface area (Å²) in [6.07, 6.45) is 3.57. The number of hydrogen-bond donors (Lipinski definition) is 0. The van der Waals surface area contributed by atoms with E-state index in [9.17, 15) is 4.79 Å². The maximum Gasteiger partial charge on any atom is 0.205 e. The van der Waals surface area contributed by atoms with Crippen LogP contribution in [0.5, 0.6) is 5.75 Å². The summed E-state index contributed by atoms with van der Waals surface area (Å²) in [5.41, 5.74) is 1.54. The molecule has 4 nitrogen and oxygen atoms in total. The first-order valence-corrected chi connectivity index (χ1v) is 9.24. The maximum absolute atomic E-state index is 12.0. The predicted molar refractivity (Wildman–Crippen MR) is 88.0 cm³/mol. The maximum atomic E-state index is 12.0. The Morgan fingerprint density at radius 1 is 1.30 bits per heavy atom. The van der Waals surface area contributed by atoms with Crippen LogP contribution in [0.4, 0.5) is 0 Å². The number of ether oxygens (including phenoxy) is 2. The molecule has 5 heteroatoms. The molecule has 0 radical (unpaired) electrons. The molecule has 3 fully saturated rings. The molecule has 2 saturated heterocycles. The lowest BCUT2D eigenvalue weighted by Gasteiger charge is -2.41. The predicted octanol–water partition coefficient (Wildman–Crippen LogP) is 2.59. The van der Waals surface area contributed by atoms with Crippen molar-refractivity contribution in [3.8, 4) is 5.75 Å². The van der Waals surface area contributed by atoms with Crippen LogP contribution in [0.15, 0.2) is 23.1 Å². The van der Waals surface area contributed by atoms with Crippen LogP contribution < -0.4 is 4.74 Å². The third-order valence-corrected chi connectivity index (χ3v) is 7.34. The molecule has 3 aliphatic heterocycles. The molecule has 0 N–H and O–H groups in total. The second-order valence-corrected chi connectivity index (χ2v) is 8.80. The van der Waals surface area contributed by atoms with Crippen molar-refractivity contribution >= 4 is 17.5 Å². The molecule has 2 atom stereocenters. The van der Waals surface area contributed by atoms with Crippen LogP contribution in [0.2, 0.25) is 0 Å². The number of benzene rings is 1. The van der Waals surface area contributed by atoms with Crippen molar-refractivity contribution in [3.05, 3.63) is 23.8 Å². The van der Waals surface area contributed by atoms with E-state index < -0.39 is 0 Å². The van der Waals surface area contributed by atoms with Crippen LogP contribution in [-0.4, -0.2) is 48.5 Å². The standard InChI is InChI=1S/C18H21NO3S/c1-19-7-6-17(5-4-13(20)9-16(17)19)12-2-3-14-15(8-12)23-18(22-14)10-21-11-18/h2-3,8,16H,4-7,9-11H2,1H3/t16-,17-/m0/s1. The Kier molecular flexibility index (Phi) is 2.95. The lowest BCUT2D eigenvalue weighted by atomic mass is 9.66. The van der Waals surface area contributed by atoms with Gasteiger partial charge in [0.15, 0.2) is 0 Å². The first kappa shape index (κ1) is 14.3. The summed E-state index contributed by atoms with van der Waals surface area (Å²) < 4.78 is 11.4. The van der Waals surface area contributed by atoms with Gasteiger partial charge >= 0.3 is 0 Å². The fraction of sp³-hybridized carbons (Fsp3) is 0.611. The van der Waals surface area contributed by atoms with Crippen molar-refractivity contribution in [3.63, 3.8) is 0 Å². The summed E-state index contributed by atoms with van der Waals surface area (Å²) in [5, 5.41) is 0. The fourth-order valence-electron chi connectivity index (χ4n) is 4.71. The van der Waals surface area contributed by atoms with Crippen molar-refractivity contribution in [2.75, 3.05) is 26.8 Å². The molecule has 0 amide bonds. The molecular weight excluding hydrogens is 310 g/mol. The Morgan fingerprint density at radius 3 is 2.96 bits per heavy atom. The van der Waals surface area contributed by atoms with E-state index in [1.54, 1.807) is 0 Å². The van der Waals surface area contributed by atoms with Gasteiger partial charge in [0, 0.05) is 24.3 Å². The number of carbonyl (C=O) groups is 1. The molecule has 1 aromatic rings. The highest BCUT2D eigenvalue weighted by Crippen LogP contribution is 2.54. The lowest BCUT2D eigenvalue weighted by Crippen LogP contribution is -2.49. The zero-order valence-electron chi connectivity index (χ0n) is 13.3. The van der Waals surface area contributed by atoms with Crippen LogP contribution in [0, 0.1) is 0 Å². The Bertz CT molecular complexity index is 687. The summed E-state index contributed by atoms with van der Waals surface area (Å²) in [5.74, 6) is 1.41. The Morgan fingerprint density at radius 2 is 2.17 bits per heavy atom. The van der Waals surface area contributed by atoms with E-state index in [0.717, 1.165) is 31.6 Å². The van der Waals surface area contributed by atoms with Gasteiger partial charge < -0.3 is 14.4 Å². The summed E-state index contributed by atoms with van der Waals surface area (Å²) in [4.78, 5) is 15.4. The minimum absolute atomic E-state index is 0.143. The number of ketones is 1. The number of likely N-dealkylation sites (tertiary alicyclic amines) is 1. The number of rotatable bonds is 1.